The van der Waals surface area contributed by atoms with E-state index in [0.717, 1.165) is 19.6 Å². The molecule has 0 aromatic heterocycles. The second-order valence-corrected chi connectivity index (χ2v) is 4.57. The van der Waals surface area contributed by atoms with E-state index in [1.165, 1.54) is 12.8 Å². The molecule has 0 spiro atoms. The largest absolute Gasteiger partial charge is 0.351 e. The van der Waals surface area contributed by atoms with Crippen molar-refractivity contribution < 1.29 is 9.59 Å². The van der Waals surface area contributed by atoms with Crippen LogP contribution in [-0.2, 0) is 4.79 Å². The van der Waals surface area contributed by atoms with Gasteiger partial charge in [0.15, 0.2) is 0 Å². The Bertz CT molecular complexity index is 281. The van der Waals surface area contributed by atoms with Gasteiger partial charge in [0.05, 0.1) is 6.54 Å². The van der Waals surface area contributed by atoms with E-state index in [1.807, 2.05) is 0 Å². The van der Waals surface area contributed by atoms with Gasteiger partial charge in [0.25, 0.3) is 0 Å². The molecule has 0 radical (unpaired) electrons. The number of likely N-dealkylation sites (tertiary alicyclic amines) is 1. The van der Waals surface area contributed by atoms with E-state index in [2.05, 4.69) is 15.5 Å². The predicted octanol–water partition coefficient (Wildman–Crippen LogP) is -1.13. The summed E-state index contributed by atoms with van der Waals surface area (Å²) in [6, 6.07) is -0.269. The highest BCUT2D eigenvalue weighted by atomic mass is 16.2. The van der Waals surface area contributed by atoms with Gasteiger partial charge in [-0.2, -0.15) is 0 Å². The summed E-state index contributed by atoms with van der Waals surface area (Å²) in [4.78, 5) is 23.9. The number of urea groups is 1. The quantitative estimate of drug-likeness (QED) is 0.556. The van der Waals surface area contributed by atoms with E-state index < -0.39 is 6.03 Å². The third-order valence-corrected chi connectivity index (χ3v) is 3.30. The lowest BCUT2D eigenvalue weighted by atomic mass is 9.94. The maximum Gasteiger partial charge on any atom is 0.318 e. The molecule has 0 aliphatic carbocycles. The van der Waals surface area contributed by atoms with Crippen LogP contribution in [0.5, 0.6) is 0 Å². The van der Waals surface area contributed by atoms with Crippen molar-refractivity contribution in [2.75, 3.05) is 26.2 Å². The van der Waals surface area contributed by atoms with Gasteiger partial charge in [0, 0.05) is 19.1 Å². The number of fused-ring (bicyclic) bond motifs is 1. The lowest BCUT2D eigenvalue weighted by Crippen LogP contribution is -2.43. The predicted molar refractivity (Wildman–Crippen MR) is 58.7 cm³/mol. The van der Waals surface area contributed by atoms with E-state index in [-0.39, 0.29) is 12.5 Å². The summed E-state index contributed by atoms with van der Waals surface area (Å²) in [5.74, 6) is 0.335. The summed E-state index contributed by atoms with van der Waals surface area (Å²) in [5, 5.41) is 5.55. The Labute approximate surface area is 94.5 Å². The smallest absolute Gasteiger partial charge is 0.318 e. The van der Waals surface area contributed by atoms with E-state index in [1.54, 1.807) is 0 Å². The van der Waals surface area contributed by atoms with Crippen LogP contribution < -0.4 is 16.4 Å². The Morgan fingerprint density at radius 1 is 1.44 bits per heavy atom. The lowest BCUT2D eigenvalue weighted by Gasteiger charge is -2.24. The van der Waals surface area contributed by atoms with Crippen LogP contribution in [0.15, 0.2) is 0 Å². The highest BCUT2D eigenvalue weighted by Gasteiger charge is 2.34. The number of amides is 3. The number of hydrogen-bond acceptors (Lipinski definition) is 4. The fraction of sp³-hybridized carbons (Fsp3) is 0.800. The van der Waals surface area contributed by atoms with E-state index >= 15 is 0 Å². The van der Waals surface area contributed by atoms with Gasteiger partial charge in [-0.05, 0) is 25.3 Å². The van der Waals surface area contributed by atoms with Crippen LogP contribution in [0.25, 0.3) is 0 Å². The Hall–Kier alpha value is -1.14. The SMILES string of the molecule is NC(=O)NC(=O)CN1C[C@@H]2CCCN[C@@H]2C1. The first kappa shape index (κ1) is 11.3. The monoisotopic (exact) mass is 226 g/mol. The van der Waals surface area contributed by atoms with E-state index in [0.29, 0.717) is 12.0 Å². The van der Waals surface area contributed by atoms with Crippen molar-refractivity contribution in [3.8, 4) is 0 Å². The molecular weight excluding hydrogens is 208 g/mol. The third kappa shape index (κ3) is 2.70. The molecule has 2 fully saturated rings. The first-order valence-corrected chi connectivity index (χ1v) is 5.70. The molecule has 6 nitrogen and oxygen atoms in total. The minimum Gasteiger partial charge on any atom is -0.351 e. The zero-order valence-electron chi connectivity index (χ0n) is 9.24. The van der Waals surface area contributed by atoms with Gasteiger partial charge in [-0.1, -0.05) is 0 Å². The number of rotatable bonds is 2. The maximum atomic E-state index is 11.3. The highest BCUT2D eigenvalue weighted by molar-refractivity contribution is 5.94. The topological polar surface area (TPSA) is 87.5 Å². The molecule has 16 heavy (non-hydrogen) atoms. The van der Waals surface area contributed by atoms with E-state index in [9.17, 15) is 9.59 Å². The van der Waals surface area contributed by atoms with Gasteiger partial charge < -0.3 is 11.1 Å². The number of hydrogen-bond donors (Lipinski definition) is 3. The Kier molecular flexibility index (Phi) is 3.40. The van der Waals surface area contributed by atoms with Crippen molar-refractivity contribution in [2.45, 2.75) is 18.9 Å². The zero-order chi connectivity index (χ0) is 11.5. The summed E-state index contributed by atoms with van der Waals surface area (Å²) in [6.07, 6.45) is 2.44. The molecule has 0 unspecified atom stereocenters. The zero-order valence-corrected chi connectivity index (χ0v) is 9.24. The van der Waals surface area contributed by atoms with Crippen molar-refractivity contribution in [3.05, 3.63) is 0 Å². The summed E-state index contributed by atoms with van der Waals surface area (Å²) in [6.45, 7) is 3.15. The van der Waals surface area contributed by atoms with E-state index in [4.69, 9.17) is 5.73 Å². The molecule has 2 heterocycles. The molecule has 2 atom stereocenters. The lowest BCUT2D eigenvalue weighted by molar-refractivity contribution is -0.120. The summed E-state index contributed by atoms with van der Waals surface area (Å²) < 4.78 is 0. The molecule has 6 heteroatoms. The fourth-order valence-electron chi connectivity index (χ4n) is 2.65. The molecule has 4 N–H and O–H groups in total. The van der Waals surface area contributed by atoms with Crippen LogP contribution >= 0.6 is 0 Å². The number of imide groups is 1. The Balaban J connectivity index is 1.79. The molecule has 2 aliphatic rings. The Morgan fingerprint density at radius 3 is 2.94 bits per heavy atom. The molecule has 0 aromatic rings. The molecule has 2 aliphatic heterocycles. The first-order valence-electron chi connectivity index (χ1n) is 5.70. The van der Waals surface area contributed by atoms with Crippen LogP contribution in [0, 0.1) is 5.92 Å². The van der Waals surface area contributed by atoms with Gasteiger partial charge in [-0.3, -0.25) is 15.0 Å². The molecule has 2 saturated heterocycles. The molecule has 2 rings (SSSR count). The van der Waals surface area contributed by atoms with Gasteiger partial charge in [0.2, 0.25) is 5.91 Å². The number of carbonyl (C=O) groups is 2. The number of nitrogens with two attached hydrogens (primary N) is 1. The number of primary amides is 1. The van der Waals surface area contributed by atoms with Crippen LogP contribution in [0.1, 0.15) is 12.8 Å². The molecule has 0 bridgehead atoms. The van der Waals surface area contributed by atoms with Crippen molar-refractivity contribution in [1.82, 2.24) is 15.5 Å². The Morgan fingerprint density at radius 2 is 2.25 bits per heavy atom. The van der Waals surface area contributed by atoms with Gasteiger partial charge in [0.1, 0.15) is 0 Å². The van der Waals surface area contributed by atoms with Crippen LogP contribution in [0.4, 0.5) is 4.79 Å². The second kappa shape index (κ2) is 4.80. The van der Waals surface area contributed by atoms with Crippen molar-refractivity contribution in [3.63, 3.8) is 0 Å². The van der Waals surface area contributed by atoms with Crippen LogP contribution in [0.2, 0.25) is 0 Å². The second-order valence-electron chi connectivity index (χ2n) is 4.57. The van der Waals surface area contributed by atoms with Crippen LogP contribution in [0.3, 0.4) is 0 Å². The number of nitrogens with one attached hydrogen (secondary N) is 2. The van der Waals surface area contributed by atoms with Crippen LogP contribution in [-0.4, -0.2) is 49.1 Å². The maximum absolute atomic E-state index is 11.3. The minimum atomic E-state index is -0.778. The standard InChI is InChI=1S/C10H18N4O2/c11-10(16)13-9(15)6-14-4-7-2-1-3-12-8(7)5-14/h7-8,12H,1-6H2,(H3,11,13,15,16)/t7-,8+/m0/s1. The molecule has 0 aromatic carbocycles. The molecule has 3 amide bonds. The number of carbonyl (C=O) groups excluding carboxylic acids is 2. The first-order chi connectivity index (χ1) is 7.65. The summed E-state index contributed by atoms with van der Waals surface area (Å²) in [5.41, 5.74) is 4.88. The molecule has 90 valence electrons. The normalized spacial score (nSPS) is 29.8. The third-order valence-electron chi connectivity index (χ3n) is 3.30. The number of piperidine rings is 1. The van der Waals surface area contributed by atoms with Crippen molar-refractivity contribution >= 4 is 11.9 Å². The van der Waals surface area contributed by atoms with Crippen molar-refractivity contribution in [2.24, 2.45) is 11.7 Å². The van der Waals surface area contributed by atoms with Gasteiger partial charge >= 0.3 is 6.03 Å². The molecular formula is C10H18N4O2. The fourth-order valence-corrected chi connectivity index (χ4v) is 2.65. The summed E-state index contributed by atoms with van der Waals surface area (Å²) in [7, 11) is 0. The average Bonchev–Trinajstić information content (AvgIpc) is 2.57. The average molecular weight is 226 g/mol. The number of nitrogens with zero attached hydrogens (tertiary/aromatic N) is 1. The van der Waals surface area contributed by atoms with Gasteiger partial charge in [-0.15, -0.1) is 0 Å². The molecule has 0 saturated carbocycles. The van der Waals surface area contributed by atoms with Crippen molar-refractivity contribution in [1.29, 1.82) is 0 Å². The summed E-state index contributed by atoms with van der Waals surface area (Å²) >= 11 is 0. The van der Waals surface area contributed by atoms with Gasteiger partial charge in [-0.25, -0.2) is 4.79 Å². The highest BCUT2D eigenvalue weighted by Crippen LogP contribution is 2.24. The minimum absolute atomic E-state index is 0.262.